The van der Waals surface area contributed by atoms with Crippen LogP contribution >= 0.6 is 0 Å². The van der Waals surface area contributed by atoms with E-state index in [1.807, 2.05) is 0 Å². The van der Waals surface area contributed by atoms with E-state index in [0.717, 1.165) is 12.5 Å². The molecular weight excluding hydrogens is 184 g/mol. The fourth-order valence-corrected chi connectivity index (χ4v) is 2.70. The fraction of sp³-hybridized carbons (Fsp3) is 1.00. The van der Waals surface area contributed by atoms with Gasteiger partial charge in [-0.3, -0.25) is 0 Å². The monoisotopic (exact) mass is 212 g/mol. The Morgan fingerprint density at radius 2 is 1.93 bits per heavy atom. The van der Waals surface area contributed by atoms with Gasteiger partial charge in [0.1, 0.15) is 0 Å². The zero-order chi connectivity index (χ0) is 11.1. The lowest BCUT2D eigenvalue weighted by Gasteiger charge is -2.29. The lowest BCUT2D eigenvalue weighted by Crippen LogP contribution is -2.33. The summed E-state index contributed by atoms with van der Waals surface area (Å²) in [6.45, 7) is 5.55. The van der Waals surface area contributed by atoms with Crippen molar-refractivity contribution in [2.24, 2.45) is 17.6 Å². The number of nitrogens with two attached hydrogens (primary N) is 1. The van der Waals surface area contributed by atoms with E-state index >= 15 is 0 Å². The van der Waals surface area contributed by atoms with Crippen LogP contribution in [0.25, 0.3) is 0 Å². The molecule has 90 valence electrons. The van der Waals surface area contributed by atoms with Gasteiger partial charge in [-0.05, 0) is 38.3 Å². The van der Waals surface area contributed by atoms with Crippen molar-refractivity contribution in [1.29, 1.82) is 0 Å². The van der Waals surface area contributed by atoms with Crippen LogP contribution in [0, 0.1) is 11.8 Å². The van der Waals surface area contributed by atoms with Gasteiger partial charge in [0.15, 0.2) is 0 Å². The van der Waals surface area contributed by atoms with Crippen molar-refractivity contribution in [3.63, 3.8) is 0 Å². The lowest BCUT2D eigenvalue weighted by molar-refractivity contribution is 0.207. The molecule has 2 heteroatoms. The lowest BCUT2D eigenvalue weighted by atomic mass is 9.89. The predicted molar refractivity (Wildman–Crippen MR) is 66.9 cm³/mol. The van der Waals surface area contributed by atoms with E-state index in [1.54, 1.807) is 0 Å². The summed E-state index contributed by atoms with van der Waals surface area (Å²) in [6.07, 6.45) is 8.47. The minimum atomic E-state index is 0.693. The molecule has 0 saturated heterocycles. The Kier molecular flexibility index (Phi) is 6.26. The van der Waals surface area contributed by atoms with Gasteiger partial charge in [-0.2, -0.15) is 0 Å². The molecule has 0 spiro atoms. The molecule has 0 heterocycles. The molecule has 0 amide bonds. The first-order chi connectivity index (χ1) is 7.26. The van der Waals surface area contributed by atoms with Gasteiger partial charge in [-0.1, -0.05) is 32.6 Å². The molecule has 1 aliphatic rings. The molecule has 0 aromatic rings. The summed E-state index contributed by atoms with van der Waals surface area (Å²) in [7, 11) is 2.26. The van der Waals surface area contributed by atoms with Crippen LogP contribution in [0.2, 0.25) is 0 Å². The van der Waals surface area contributed by atoms with Gasteiger partial charge < -0.3 is 10.6 Å². The van der Waals surface area contributed by atoms with Gasteiger partial charge in [0.25, 0.3) is 0 Å². The van der Waals surface area contributed by atoms with E-state index < -0.39 is 0 Å². The van der Waals surface area contributed by atoms with E-state index in [1.165, 1.54) is 51.6 Å². The minimum Gasteiger partial charge on any atom is -0.330 e. The highest BCUT2D eigenvalue weighted by atomic mass is 15.1. The Bertz CT molecular complexity index is 149. The highest BCUT2D eigenvalue weighted by Gasteiger charge is 2.16. The van der Waals surface area contributed by atoms with Crippen LogP contribution in [-0.2, 0) is 0 Å². The van der Waals surface area contributed by atoms with Gasteiger partial charge in [0.2, 0.25) is 0 Å². The van der Waals surface area contributed by atoms with Crippen LogP contribution in [0.5, 0.6) is 0 Å². The molecule has 1 atom stereocenters. The van der Waals surface area contributed by atoms with E-state index in [4.69, 9.17) is 5.73 Å². The quantitative estimate of drug-likeness (QED) is 0.733. The molecule has 0 aliphatic heterocycles. The summed E-state index contributed by atoms with van der Waals surface area (Å²) in [5.41, 5.74) is 5.74. The fourth-order valence-electron chi connectivity index (χ4n) is 2.70. The molecule has 1 saturated carbocycles. The van der Waals surface area contributed by atoms with E-state index in [9.17, 15) is 0 Å². The summed E-state index contributed by atoms with van der Waals surface area (Å²) >= 11 is 0. The zero-order valence-electron chi connectivity index (χ0n) is 10.5. The van der Waals surface area contributed by atoms with Crippen LogP contribution in [0.4, 0.5) is 0 Å². The number of hydrogen-bond donors (Lipinski definition) is 1. The average Bonchev–Trinajstić information content (AvgIpc) is 2.27. The first-order valence-electron chi connectivity index (χ1n) is 6.64. The van der Waals surface area contributed by atoms with Crippen LogP contribution < -0.4 is 5.73 Å². The molecule has 1 unspecified atom stereocenters. The SMILES string of the molecule is CCC(CN)CN(C)CC1CCCCC1. The maximum absolute atomic E-state index is 5.74. The van der Waals surface area contributed by atoms with Gasteiger partial charge in [0, 0.05) is 13.1 Å². The van der Waals surface area contributed by atoms with Gasteiger partial charge >= 0.3 is 0 Å². The second-order valence-corrected chi connectivity index (χ2v) is 5.24. The van der Waals surface area contributed by atoms with Crippen molar-refractivity contribution < 1.29 is 0 Å². The number of nitrogens with zero attached hydrogens (tertiary/aromatic N) is 1. The first kappa shape index (κ1) is 13.0. The molecular formula is C13H28N2. The predicted octanol–water partition coefficient (Wildman–Crippen LogP) is 2.48. The Morgan fingerprint density at radius 1 is 1.27 bits per heavy atom. The molecule has 1 fully saturated rings. The topological polar surface area (TPSA) is 29.3 Å². The average molecular weight is 212 g/mol. The summed E-state index contributed by atoms with van der Waals surface area (Å²) in [6, 6.07) is 0. The zero-order valence-corrected chi connectivity index (χ0v) is 10.5. The maximum atomic E-state index is 5.74. The third-order valence-corrected chi connectivity index (χ3v) is 3.78. The second-order valence-electron chi connectivity index (χ2n) is 5.24. The van der Waals surface area contributed by atoms with Crippen molar-refractivity contribution in [2.75, 3.05) is 26.7 Å². The van der Waals surface area contributed by atoms with Crippen LogP contribution in [0.1, 0.15) is 45.4 Å². The van der Waals surface area contributed by atoms with E-state index in [2.05, 4.69) is 18.9 Å². The van der Waals surface area contributed by atoms with Crippen LogP contribution in [0.3, 0.4) is 0 Å². The third kappa shape index (κ3) is 4.98. The van der Waals surface area contributed by atoms with Crippen LogP contribution in [-0.4, -0.2) is 31.6 Å². The normalized spacial score (nSPS) is 20.8. The van der Waals surface area contributed by atoms with E-state index in [0.29, 0.717) is 5.92 Å². The molecule has 2 N–H and O–H groups in total. The van der Waals surface area contributed by atoms with Gasteiger partial charge in [-0.25, -0.2) is 0 Å². The molecule has 15 heavy (non-hydrogen) atoms. The molecule has 0 radical (unpaired) electrons. The Balaban J connectivity index is 2.18. The second kappa shape index (κ2) is 7.24. The Labute approximate surface area is 95.2 Å². The maximum Gasteiger partial charge on any atom is 0.00187 e. The standard InChI is InChI=1S/C13H28N2/c1-3-12(9-14)10-15(2)11-13-7-5-4-6-8-13/h12-13H,3-11,14H2,1-2H3. The highest BCUT2D eigenvalue weighted by Crippen LogP contribution is 2.24. The van der Waals surface area contributed by atoms with Crippen molar-refractivity contribution >= 4 is 0 Å². The van der Waals surface area contributed by atoms with Crippen molar-refractivity contribution in [3.05, 3.63) is 0 Å². The summed E-state index contributed by atoms with van der Waals surface area (Å²) in [4.78, 5) is 2.50. The van der Waals surface area contributed by atoms with Gasteiger partial charge in [-0.15, -0.1) is 0 Å². The Morgan fingerprint density at radius 3 is 2.47 bits per heavy atom. The summed E-state index contributed by atoms with van der Waals surface area (Å²) < 4.78 is 0. The van der Waals surface area contributed by atoms with Crippen molar-refractivity contribution in [2.45, 2.75) is 45.4 Å². The number of hydrogen-bond acceptors (Lipinski definition) is 2. The molecule has 0 aromatic heterocycles. The smallest absolute Gasteiger partial charge is 0.00187 e. The van der Waals surface area contributed by atoms with Crippen molar-refractivity contribution in [1.82, 2.24) is 4.90 Å². The Hall–Kier alpha value is -0.0800. The summed E-state index contributed by atoms with van der Waals surface area (Å²) in [5, 5.41) is 0. The molecule has 2 nitrogen and oxygen atoms in total. The molecule has 0 aromatic carbocycles. The van der Waals surface area contributed by atoms with Gasteiger partial charge in [0.05, 0.1) is 0 Å². The highest BCUT2D eigenvalue weighted by molar-refractivity contribution is 4.71. The first-order valence-corrected chi connectivity index (χ1v) is 6.64. The van der Waals surface area contributed by atoms with E-state index in [-0.39, 0.29) is 0 Å². The molecule has 0 bridgehead atoms. The molecule has 1 aliphatic carbocycles. The van der Waals surface area contributed by atoms with Crippen LogP contribution in [0.15, 0.2) is 0 Å². The largest absolute Gasteiger partial charge is 0.330 e. The molecule has 1 rings (SSSR count). The summed E-state index contributed by atoms with van der Waals surface area (Å²) in [5.74, 6) is 1.65. The van der Waals surface area contributed by atoms with Crippen molar-refractivity contribution in [3.8, 4) is 0 Å². The number of rotatable bonds is 6. The minimum absolute atomic E-state index is 0.693. The third-order valence-electron chi connectivity index (χ3n) is 3.78.